The van der Waals surface area contributed by atoms with Crippen molar-refractivity contribution in [1.29, 1.82) is 0 Å². The SMILES string of the molecule is CC[C@H]1OC(=O)[C@H](C)[C@@H](O[C@H]2C[C@@](C)(OC)[C@@H](O)[C@@H](C)O2)[C@H](C)[C@@H](O[C@@H]2O[C@H](C)C[C@H](N(C)C)[C@H]2O)[C@](C)(OC)C[C@@H](C)C(=O)[C@@H](C)C2C(SCC(=O)c3csc4ccccc34)C(=O)O[C@@]21C. The van der Waals surface area contributed by atoms with Gasteiger partial charge in [0.05, 0.1) is 47.3 Å². The number of ether oxygens (including phenoxy) is 8. The summed E-state index contributed by atoms with van der Waals surface area (Å²) in [4.78, 5) is 60.1. The van der Waals surface area contributed by atoms with Gasteiger partial charge >= 0.3 is 11.9 Å². The van der Waals surface area contributed by atoms with E-state index in [9.17, 15) is 24.6 Å². The topological polar surface area (TPSA) is 186 Å². The Morgan fingerprint density at radius 1 is 0.910 bits per heavy atom. The lowest BCUT2D eigenvalue weighted by Crippen LogP contribution is -2.61. The predicted molar refractivity (Wildman–Crippen MR) is 255 cm³/mol. The van der Waals surface area contributed by atoms with Gasteiger partial charge in [-0.3, -0.25) is 19.2 Å². The lowest BCUT2D eigenvalue weighted by molar-refractivity contribution is -0.319. The lowest BCUT2D eigenvalue weighted by Gasteiger charge is -2.50. The minimum Gasteiger partial charge on any atom is -0.458 e. The number of aliphatic hydroxyl groups is 2. The number of fused-ring (bicyclic) bond motifs is 2. The van der Waals surface area contributed by atoms with Crippen molar-refractivity contribution in [2.75, 3.05) is 34.1 Å². The number of likely N-dealkylation sites (N-methyl/N-ethyl adjacent to an activating group) is 1. The molecule has 376 valence electrons. The van der Waals surface area contributed by atoms with Crippen molar-refractivity contribution < 1.29 is 67.3 Å². The number of aliphatic hydroxyl groups excluding tert-OH is 2. The minimum absolute atomic E-state index is 0.0434. The van der Waals surface area contributed by atoms with Gasteiger partial charge in [-0.1, -0.05) is 45.9 Å². The van der Waals surface area contributed by atoms with E-state index in [0.717, 1.165) is 21.8 Å². The van der Waals surface area contributed by atoms with Gasteiger partial charge in [-0.25, -0.2) is 0 Å². The summed E-state index contributed by atoms with van der Waals surface area (Å²) in [7, 11) is 6.82. The average Bonchev–Trinajstić information content (AvgIpc) is 3.84. The molecule has 1 aromatic heterocycles. The molecule has 6 rings (SSSR count). The van der Waals surface area contributed by atoms with Crippen LogP contribution in [-0.2, 0) is 52.3 Å². The van der Waals surface area contributed by atoms with E-state index in [4.69, 9.17) is 37.9 Å². The van der Waals surface area contributed by atoms with Crippen LogP contribution in [-0.4, -0.2) is 156 Å². The maximum absolute atomic E-state index is 15.1. The average molecular weight is 978 g/mol. The highest BCUT2D eigenvalue weighted by atomic mass is 32.2. The number of benzene rings is 1. The number of cyclic esters (lactones) is 1. The molecular weight excluding hydrogens is 903 g/mol. The first-order chi connectivity index (χ1) is 31.4. The number of thioether (sulfide) groups is 1. The van der Waals surface area contributed by atoms with Gasteiger partial charge in [0.15, 0.2) is 24.0 Å². The minimum atomic E-state index is -1.47. The Morgan fingerprint density at radius 2 is 1.58 bits per heavy atom. The van der Waals surface area contributed by atoms with Crippen molar-refractivity contribution in [2.45, 2.75) is 178 Å². The monoisotopic (exact) mass is 977 g/mol. The third-order valence-electron chi connectivity index (χ3n) is 15.4. The molecule has 19 atom stereocenters. The molecule has 0 saturated carbocycles. The van der Waals surface area contributed by atoms with Crippen molar-refractivity contribution in [3.63, 3.8) is 0 Å². The summed E-state index contributed by atoms with van der Waals surface area (Å²) < 4.78 is 52.6. The van der Waals surface area contributed by atoms with Crippen LogP contribution in [0.15, 0.2) is 29.6 Å². The van der Waals surface area contributed by atoms with Crippen LogP contribution in [0.4, 0.5) is 0 Å². The zero-order valence-corrected chi connectivity index (χ0v) is 43.3. The van der Waals surface area contributed by atoms with Gasteiger partial charge in [-0.15, -0.1) is 23.1 Å². The maximum Gasteiger partial charge on any atom is 0.320 e. The molecular formula is C50H75NO14S2. The van der Waals surface area contributed by atoms with Crippen LogP contribution in [0, 0.1) is 29.6 Å². The summed E-state index contributed by atoms with van der Waals surface area (Å²) in [5, 5.41) is 24.7. The number of esters is 2. The Labute approximate surface area is 404 Å². The number of hydrogen-bond acceptors (Lipinski definition) is 17. The Kier molecular flexibility index (Phi) is 17.2. The molecule has 0 bridgehead atoms. The van der Waals surface area contributed by atoms with Gasteiger partial charge in [0, 0.05) is 71.4 Å². The molecule has 4 saturated heterocycles. The number of ketones is 2. The van der Waals surface area contributed by atoms with Crippen LogP contribution in [0.1, 0.15) is 105 Å². The predicted octanol–water partition coefficient (Wildman–Crippen LogP) is 6.46. The summed E-state index contributed by atoms with van der Waals surface area (Å²) in [5.74, 6) is -5.72. The maximum atomic E-state index is 15.1. The van der Waals surface area contributed by atoms with Crippen LogP contribution in [0.3, 0.4) is 0 Å². The summed E-state index contributed by atoms with van der Waals surface area (Å²) in [6.45, 7) is 18.0. The normalized spacial score (nSPS) is 42.6. The van der Waals surface area contributed by atoms with Crippen LogP contribution in [0.25, 0.3) is 10.1 Å². The van der Waals surface area contributed by atoms with Crippen LogP contribution in [0.5, 0.6) is 0 Å². The number of carbonyl (C=O) groups excluding carboxylic acids is 4. The third kappa shape index (κ3) is 10.7. The fraction of sp³-hybridized carbons (Fsp3) is 0.760. The van der Waals surface area contributed by atoms with Gasteiger partial charge in [-0.05, 0) is 81.0 Å². The number of thiophene rings is 1. The summed E-state index contributed by atoms with van der Waals surface area (Å²) in [6.07, 6.45) is -7.18. The van der Waals surface area contributed by atoms with Crippen molar-refractivity contribution in [1.82, 2.24) is 4.90 Å². The smallest absolute Gasteiger partial charge is 0.320 e. The standard InChI is InChI=1S/C50H75NO14S2/c1-15-36-50(10)38(42(46(57)65-50)67-24-34(52)32-23-66-35-19-17-16-18-31(32)35)27(4)39(53)25(2)21-49(9,59-14)44(64-47-40(54)33(51(11)12)20-26(3)60-47)28(5)41(29(6)45(56)62-36)63-37-22-48(8,58-13)43(55)30(7)61-37/h16-19,23,25-30,33,36-38,40-44,47,54-55H,15,20-22,24H2,1-14H3/t25-,26-,27+,28+,29-,30-,33+,36-,37+,38?,40-,41+,42?,43+,44-,47+,48-,49-,50-/m1/s1. The Hall–Kier alpha value is -2.55. The van der Waals surface area contributed by atoms with Gasteiger partial charge in [0.2, 0.25) is 0 Å². The molecule has 0 spiro atoms. The van der Waals surface area contributed by atoms with Gasteiger partial charge < -0.3 is 53.0 Å². The Morgan fingerprint density at radius 3 is 2.22 bits per heavy atom. The van der Waals surface area contributed by atoms with E-state index in [1.807, 2.05) is 83.3 Å². The van der Waals surface area contributed by atoms with E-state index in [0.29, 0.717) is 12.0 Å². The number of Topliss-reactive ketones (excluding diaryl/α,β-unsaturated/α-hetero) is 2. The second-order valence-corrected chi connectivity index (χ2v) is 22.4. The largest absolute Gasteiger partial charge is 0.458 e. The quantitative estimate of drug-likeness (QED) is 0.174. The molecule has 1 aromatic carbocycles. The van der Waals surface area contributed by atoms with Crippen LogP contribution >= 0.6 is 23.1 Å². The summed E-state index contributed by atoms with van der Waals surface area (Å²) >= 11 is 2.62. The number of methoxy groups -OCH3 is 2. The first kappa shape index (κ1) is 53.8. The second-order valence-electron chi connectivity index (χ2n) is 20.4. The molecule has 2 N–H and O–H groups in total. The second kappa shape index (κ2) is 21.4. The number of hydrogen-bond donors (Lipinski definition) is 2. The van der Waals surface area contributed by atoms with Crippen molar-refractivity contribution >= 4 is 56.7 Å². The fourth-order valence-electron chi connectivity index (χ4n) is 11.3. The van der Waals surface area contributed by atoms with Gasteiger partial charge in [-0.2, -0.15) is 0 Å². The number of carbonyl (C=O) groups is 4. The molecule has 15 nitrogen and oxygen atoms in total. The zero-order chi connectivity index (χ0) is 49.5. The first-order valence-electron chi connectivity index (χ1n) is 23.8. The van der Waals surface area contributed by atoms with E-state index < -0.39 is 113 Å². The van der Waals surface area contributed by atoms with Crippen molar-refractivity contribution in [2.24, 2.45) is 29.6 Å². The highest BCUT2D eigenvalue weighted by molar-refractivity contribution is 8.01. The molecule has 2 unspecified atom stereocenters. The molecule has 0 amide bonds. The molecule has 4 fully saturated rings. The van der Waals surface area contributed by atoms with Crippen molar-refractivity contribution in [3.05, 3.63) is 35.2 Å². The molecule has 0 aliphatic carbocycles. The van der Waals surface area contributed by atoms with Crippen LogP contribution in [0.2, 0.25) is 0 Å². The molecule has 5 heterocycles. The van der Waals surface area contributed by atoms with E-state index >= 15 is 4.79 Å². The number of nitrogens with zero attached hydrogens (tertiary/aromatic N) is 1. The first-order valence-corrected chi connectivity index (χ1v) is 25.7. The zero-order valence-electron chi connectivity index (χ0n) is 41.7. The van der Waals surface area contributed by atoms with E-state index in [2.05, 4.69) is 0 Å². The molecule has 2 aromatic rings. The summed E-state index contributed by atoms with van der Waals surface area (Å²) in [6, 6.07) is 7.35. The highest BCUT2D eigenvalue weighted by Gasteiger charge is 2.62. The third-order valence-corrected chi connectivity index (χ3v) is 17.7. The van der Waals surface area contributed by atoms with E-state index in [-0.39, 0.29) is 48.7 Å². The molecule has 67 heavy (non-hydrogen) atoms. The fourth-order valence-corrected chi connectivity index (χ4v) is 13.7. The van der Waals surface area contributed by atoms with E-state index in [1.165, 1.54) is 25.6 Å². The molecule has 17 heteroatoms. The van der Waals surface area contributed by atoms with Crippen LogP contribution < -0.4 is 0 Å². The molecule has 4 aliphatic heterocycles. The van der Waals surface area contributed by atoms with E-state index in [1.54, 1.807) is 34.6 Å². The lowest BCUT2D eigenvalue weighted by atomic mass is 9.70. The van der Waals surface area contributed by atoms with Gasteiger partial charge in [0.1, 0.15) is 29.3 Å². The summed E-state index contributed by atoms with van der Waals surface area (Å²) in [5.41, 5.74) is -3.26. The Bertz CT molecular complexity index is 2070. The van der Waals surface area contributed by atoms with Crippen molar-refractivity contribution in [3.8, 4) is 0 Å². The number of rotatable bonds is 12. The molecule has 0 radical (unpaired) electrons. The molecule has 4 aliphatic rings. The highest BCUT2D eigenvalue weighted by Crippen LogP contribution is 2.50. The Balaban J connectivity index is 1.43. The van der Waals surface area contributed by atoms with Gasteiger partial charge in [0.25, 0.3) is 0 Å².